The maximum atomic E-state index is 14.3. The van der Waals surface area contributed by atoms with Crippen LogP contribution in [-0.2, 0) is 11.0 Å². The van der Waals surface area contributed by atoms with Crippen LogP contribution in [0.4, 0.5) is 36.4 Å². The second kappa shape index (κ2) is 8.95. The molecular formula is C21H17F7N4O2. The van der Waals surface area contributed by atoms with E-state index in [4.69, 9.17) is 4.74 Å². The van der Waals surface area contributed by atoms with Gasteiger partial charge in [-0.1, -0.05) is 0 Å². The summed E-state index contributed by atoms with van der Waals surface area (Å²) in [4.78, 5) is 14.6. The molecule has 0 spiro atoms. The van der Waals surface area contributed by atoms with Crippen molar-refractivity contribution in [3.8, 4) is 5.75 Å². The Bertz CT molecular complexity index is 1140. The van der Waals surface area contributed by atoms with Crippen molar-refractivity contribution in [3.63, 3.8) is 0 Å². The average Bonchev–Trinajstić information content (AvgIpc) is 2.71. The first-order valence-electron chi connectivity index (χ1n) is 9.56. The van der Waals surface area contributed by atoms with E-state index in [1.807, 2.05) is 0 Å². The number of ether oxygens (including phenoxy) is 1. The summed E-state index contributed by atoms with van der Waals surface area (Å²) < 4.78 is 99.3. The number of alkyl halides is 6. The van der Waals surface area contributed by atoms with Gasteiger partial charge in [-0.2, -0.15) is 31.4 Å². The molecule has 3 rings (SSSR count). The summed E-state index contributed by atoms with van der Waals surface area (Å²) in [7, 11) is 0. The fourth-order valence-electron chi connectivity index (χ4n) is 3.00. The minimum atomic E-state index is -4.76. The van der Waals surface area contributed by atoms with Crippen LogP contribution in [0.3, 0.4) is 0 Å². The van der Waals surface area contributed by atoms with Crippen molar-refractivity contribution in [1.82, 2.24) is 10.3 Å². The van der Waals surface area contributed by atoms with Crippen molar-refractivity contribution < 1.29 is 40.3 Å². The van der Waals surface area contributed by atoms with Gasteiger partial charge in [0.15, 0.2) is 11.4 Å². The Kier molecular flexibility index (Phi) is 6.58. The zero-order valence-corrected chi connectivity index (χ0v) is 17.6. The SMILES string of the molecule is CC(C)(Oc1cc(F)cc(C2=CC(NC=O)=NN(c3cnccc3C(F)(F)F)C2)c1)C(F)(F)F. The fourth-order valence-corrected chi connectivity index (χ4v) is 3.00. The van der Waals surface area contributed by atoms with Crippen LogP contribution in [0.2, 0.25) is 0 Å². The summed E-state index contributed by atoms with van der Waals surface area (Å²) in [5, 5.41) is 7.04. The van der Waals surface area contributed by atoms with E-state index in [9.17, 15) is 35.5 Å². The Balaban J connectivity index is 2.03. The predicted octanol–water partition coefficient (Wildman–Crippen LogP) is 4.92. The highest BCUT2D eigenvalue weighted by molar-refractivity contribution is 6.06. The van der Waals surface area contributed by atoms with E-state index in [1.54, 1.807) is 0 Å². The third-order valence-corrected chi connectivity index (χ3v) is 4.75. The van der Waals surface area contributed by atoms with Gasteiger partial charge in [0.05, 0.1) is 24.0 Å². The van der Waals surface area contributed by atoms with Crippen LogP contribution in [0.5, 0.6) is 5.75 Å². The highest BCUT2D eigenvalue weighted by atomic mass is 19.4. The summed E-state index contributed by atoms with van der Waals surface area (Å²) in [5.41, 5.74) is -4.00. The number of nitrogens with one attached hydrogen (secondary N) is 1. The first-order chi connectivity index (χ1) is 15.7. The lowest BCUT2D eigenvalue weighted by atomic mass is 10.0. The number of nitrogens with zero attached hydrogens (tertiary/aromatic N) is 3. The van der Waals surface area contributed by atoms with Gasteiger partial charge >= 0.3 is 12.4 Å². The molecule has 1 N–H and O–H groups in total. The molecule has 0 bridgehead atoms. The number of amides is 1. The molecule has 0 aliphatic carbocycles. The number of hydrogen-bond acceptors (Lipinski definition) is 5. The summed E-state index contributed by atoms with van der Waals surface area (Å²) in [6.07, 6.45) is -6.17. The lowest BCUT2D eigenvalue weighted by Crippen LogP contribution is -2.44. The van der Waals surface area contributed by atoms with E-state index in [1.165, 1.54) is 6.08 Å². The normalized spacial score (nSPS) is 14.9. The van der Waals surface area contributed by atoms with Gasteiger partial charge in [0.25, 0.3) is 0 Å². The highest BCUT2D eigenvalue weighted by Crippen LogP contribution is 2.38. The van der Waals surface area contributed by atoms with Crippen molar-refractivity contribution in [2.75, 3.05) is 11.6 Å². The number of halogens is 7. The summed E-state index contributed by atoms with van der Waals surface area (Å²) in [5.74, 6) is -1.58. The number of hydrazone groups is 1. The number of rotatable bonds is 5. The molecule has 0 fully saturated rings. The Morgan fingerprint density at radius 1 is 1.12 bits per heavy atom. The third kappa shape index (κ3) is 5.46. The van der Waals surface area contributed by atoms with Crippen molar-refractivity contribution in [2.24, 2.45) is 5.10 Å². The average molecular weight is 490 g/mol. The van der Waals surface area contributed by atoms with Crippen LogP contribution in [-0.4, -0.2) is 35.6 Å². The minimum absolute atomic E-state index is 0.00974. The number of pyridine rings is 1. The molecule has 1 aliphatic heterocycles. The maximum absolute atomic E-state index is 14.3. The molecule has 13 heteroatoms. The van der Waals surface area contributed by atoms with Gasteiger partial charge in [0, 0.05) is 12.3 Å². The van der Waals surface area contributed by atoms with Gasteiger partial charge in [0.1, 0.15) is 11.6 Å². The van der Waals surface area contributed by atoms with E-state index in [0.717, 1.165) is 55.5 Å². The number of amidine groups is 1. The van der Waals surface area contributed by atoms with Crippen LogP contribution in [0.25, 0.3) is 5.57 Å². The van der Waals surface area contributed by atoms with Crippen LogP contribution in [0, 0.1) is 5.82 Å². The second-order valence-corrected chi connectivity index (χ2v) is 7.65. The van der Waals surface area contributed by atoms with Crippen LogP contribution in [0.1, 0.15) is 25.0 Å². The largest absolute Gasteiger partial charge is 0.478 e. The molecule has 182 valence electrons. The van der Waals surface area contributed by atoms with Crippen LogP contribution in [0.15, 0.2) is 47.8 Å². The highest BCUT2D eigenvalue weighted by Gasteiger charge is 2.50. The Hall–Kier alpha value is -3.64. The topological polar surface area (TPSA) is 66.8 Å². The first-order valence-corrected chi connectivity index (χ1v) is 9.56. The molecule has 2 aromatic rings. The minimum Gasteiger partial charge on any atom is -0.478 e. The molecule has 0 unspecified atom stereocenters. The quantitative estimate of drug-likeness (QED) is 0.477. The lowest BCUT2D eigenvalue weighted by Gasteiger charge is -2.30. The molecule has 1 aliphatic rings. The molecule has 1 amide bonds. The third-order valence-electron chi connectivity index (χ3n) is 4.75. The van der Waals surface area contributed by atoms with Gasteiger partial charge in [-0.3, -0.25) is 14.8 Å². The number of anilines is 1. The Morgan fingerprint density at radius 3 is 2.44 bits per heavy atom. The van der Waals surface area contributed by atoms with Crippen molar-refractivity contribution >= 4 is 23.5 Å². The summed E-state index contributed by atoms with van der Waals surface area (Å²) >= 11 is 0. The van der Waals surface area contributed by atoms with Crippen molar-refractivity contribution in [2.45, 2.75) is 31.8 Å². The lowest BCUT2D eigenvalue weighted by molar-refractivity contribution is -0.234. The van der Waals surface area contributed by atoms with Gasteiger partial charge < -0.3 is 10.1 Å². The predicted molar refractivity (Wildman–Crippen MR) is 108 cm³/mol. The zero-order valence-electron chi connectivity index (χ0n) is 17.6. The van der Waals surface area contributed by atoms with Crippen molar-refractivity contribution in [3.05, 3.63) is 59.7 Å². The molecule has 0 saturated carbocycles. The standard InChI is InChI=1S/C21H17F7N4O2/c1-19(2,21(26,27)28)34-15-6-12(5-14(22)8-15)13-7-18(30-11-33)31-32(10-13)17-9-29-4-3-16(17)20(23,24)25/h3-9,11H,10H2,1-2H3,(H,30,31,33). The summed E-state index contributed by atoms with van der Waals surface area (Å²) in [6, 6.07) is 3.57. The van der Waals surface area contributed by atoms with Crippen LogP contribution < -0.4 is 15.1 Å². The van der Waals surface area contributed by atoms with E-state index in [2.05, 4.69) is 15.4 Å². The van der Waals surface area contributed by atoms with E-state index < -0.39 is 40.8 Å². The molecule has 2 heterocycles. The van der Waals surface area contributed by atoms with Gasteiger partial charge in [-0.15, -0.1) is 0 Å². The number of aromatic nitrogens is 1. The molecule has 0 radical (unpaired) electrons. The molecular weight excluding hydrogens is 473 g/mol. The Labute approximate surface area is 188 Å². The van der Waals surface area contributed by atoms with Gasteiger partial charge in [0.2, 0.25) is 6.41 Å². The van der Waals surface area contributed by atoms with Crippen LogP contribution >= 0.6 is 0 Å². The molecule has 1 aromatic heterocycles. The molecule has 0 saturated heterocycles. The molecule has 6 nitrogen and oxygen atoms in total. The number of carbonyl (C=O) groups excluding carboxylic acids is 1. The number of hydrogen-bond donors (Lipinski definition) is 1. The molecule has 1 aromatic carbocycles. The number of benzene rings is 1. The van der Waals surface area contributed by atoms with Gasteiger partial charge in [-0.25, -0.2) is 4.39 Å². The smallest absolute Gasteiger partial charge is 0.427 e. The molecule has 34 heavy (non-hydrogen) atoms. The fraction of sp³-hybridized carbons (Fsp3) is 0.286. The summed E-state index contributed by atoms with van der Waals surface area (Å²) in [6.45, 7) is 1.18. The van der Waals surface area contributed by atoms with Gasteiger partial charge in [-0.05, 0) is 49.3 Å². The zero-order chi connectivity index (χ0) is 25.3. The second-order valence-electron chi connectivity index (χ2n) is 7.65. The maximum Gasteiger partial charge on any atom is 0.427 e. The first kappa shape index (κ1) is 25.0. The van der Waals surface area contributed by atoms with E-state index >= 15 is 0 Å². The monoisotopic (exact) mass is 490 g/mol. The van der Waals surface area contributed by atoms with E-state index in [0.29, 0.717) is 0 Å². The molecule has 0 atom stereocenters. The van der Waals surface area contributed by atoms with E-state index in [-0.39, 0.29) is 29.9 Å². The number of carbonyl (C=O) groups is 1. The Morgan fingerprint density at radius 2 is 1.82 bits per heavy atom. The van der Waals surface area contributed by atoms with Crippen molar-refractivity contribution in [1.29, 1.82) is 0 Å².